The first-order valence-corrected chi connectivity index (χ1v) is 7.19. The second-order valence-electron chi connectivity index (χ2n) is 4.37. The van der Waals surface area contributed by atoms with Crippen LogP contribution in [0.15, 0.2) is 5.03 Å². The molecule has 0 aromatic carbocycles. The summed E-state index contributed by atoms with van der Waals surface area (Å²) in [4.78, 5) is 18.5. The van der Waals surface area contributed by atoms with Crippen molar-refractivity contribution >= 4 is 29.1 Å². The first-order chi connectivity index (χ1) is 8.58. The van der Waals surface area contributed by atoms with E-state index in [1.165, 1.54) is 31.0 Å². The lowest BCUT2D eigenvalue weighted by molar-refractivity contribution is -0.389. The van der Waals surface area contributed by atoms with Gasteiger partial charge in [0, 0.05) is 5.25 Å². The molecule has 1 heterocycles. The van der Waals surface area contributed by atoms with Gasteiger partial charge in [0.25, 0.3) is 0 Å². The number of hydrogen-bond acceptors (Lipinski definition) is 5. The van der Waals surface area contributed by atoms with Gasteiger partial charge in [-0.15, -0.1) is 0 Å². The van der Waals surface area contributed by atoms with Crippen molar-refractivity contribution in [2.75, 3.05) is 0 Å². The van der Waals surface area contributed by atoms with E-state index >= 15 is 0 Å². The summed E-state index contributed by atoms with van der Waals surface area (Å²) in [7, 11) is 0. The Morgan fingerprint density at radius 1 is 1.33 bits per heavy atom. The van der Waals surface area contributed by atoms with Crippen LogP contribution in [0.2, 0.25) is 5.28 Å². The number of aryl methyl sites for hydroxylation is 1. The van der Waals surface area contributed by atoms with Crippen molar-refractivity contribution in [3.8, 4) is 0 Å². The molecule has 18 heavy (non-hydrogen) atoms. The molecular formula is C11H14ClN3O2S. The molecule has 2 rings (SSSR count). The van der Waals surface area contributed by atoms with Gasteiger partial charge in [-0.1, -0.05) is 31.0 Å². The van der Waals surface area contributed by atoms with Crippen LogP contribution >= 0.6 is 23.4 Å². The molecule has 98 valence electrons. The molecule has 0 amide bonds. The van der Waals surface area contributed by atoms with Crippen LogP contribution in [-0.2, 0) is 0 Å². The Bertz CT molecular complexity index is 464. The minimum Gasteiger partial charge on any atom is -0.258 e. The number of nitrogens with zero attached hydrogens (tertiary/aromatic N) is 3. The van der Waals surface area contributed by atoms with Gasteiger partial charge in [0.05, 0.1) is 4.92 Å². The first kappa shape index (κ1) is 13.5. The molecule has 1 saturated carbocycles. The molecule has 1 fully saturated rings. The Kier molecular flexibility index (Phi) is 4.40. The van der Waals surface area contributed by atoms with Crippen molar-refractivity contribution in [2.45, 2.75) is 49.3 Å². The lowest BCUT2D eigenvalue weighted by Crippen LogP contribution is -2.09. The Morgan fingerprint density at radius 3 is 2.61 bits per heavy atom. The highest BCUT2D eigenvalue weighted by molar-refractivity contribution is 8.00. The van der Waals surface area contributed by atoms with E-state index in [4.69, 9.17) is 11.6 Å². The number of thioether (sulfide) groups is 1. The van der Waals surface area contributed by atoms with E-state index in [2.05, 4.69) is 9.97 Å². The van der Waals surface area contributed by atoms with E-state index in [1.807, 2.05) is 0 Å². The second-order valence-corrected chi connectivity index (χ2v) is 5.99. The normalized spacial score (nSPS) is 16.8. The van der Waals surface area contributed by atoms with E-state index in [-0.39, 0.29) is 11.0 Å². The molecule has 7 heteroatoms. The third kappa shape index (κ3) is 3.11. The topological polar surface area (TPSA) is 68.9 Å². The van der Waals surface area contributed by atoms with Crippen molar-refractivity contribution in [1.29, 1.82) is 0 Å². The zero-order valence-electron chi connectivity index (χ0n) is 10.1. The molecule has 0 bridgehead atoms. The standard InChI is InChI=1S/C11H14ClN3O2S/c1-7-9(15(16)17)10(14-11(12)13-7)18-8-5-3-2-4-6-8/h8H,2-6H2,1H3. The third-order valence-electron chi connectivity index (χ3n) is 3.01. The zero-order valence-corrected chi connectivity index (χ0v) is 11.6. The summed E-state index contributed by atoms with van der Waals surface area (Å²) in [6.45, 7) is 1.59. The van der Waals surface area contributed by atoms with Crippen molar-refractivity contribution in [1.82, 2.24) is 9.97 Å². The van der Waals surface area contributed by atoms with Crippen molar-refractivity contribution in [2.24, 2.45) is 0 Å². The fraction of sp³-hybridized carbons (Fsp3) is 0.636. The monoisotopic (exact) mass is 287 g/mol. The Hall–Kier alpha value is -0.880. The molecule has 0 radical (unpaired) electrons. The highest BCUT2D eigenvalue weighted by Gasteiger charge is 2.25. The van der Waals surface area contributed by atoms with Crippen LogP contribution in [-0.4, -0.2) is 20.1 Å². The number of rotatable bonds is 3. The number of aromatic nitrogens is 2. The molecular weight excluding hydrogens is 274 g/mol. The average molecular weight is 288 g/mol. The van der Waals surface area contributed by atoms with E-state index < -0.39 is 4.92 Å². The highest BCUT2D eigenvalue weighted by Crippen LogP contribution is 2.38. The quantitative estimate of drug-likeness (QED) is 0.366. The predicted molar refractivity (Wildman–Crippen MR) is 71.2 cm³/mol. The Labute approximate surface area is 114 Å². The number of nitro groups is 1. The third-order valence-corrected chi connectivity index (χ3v) is 4.49. The van der Waals surface area contributed by atoms with Crippen molar-refractivity contribution < 1.29 is 4.92 Å². The van der Waals surface area contributed by atoms with Crippen LogP contribution in [0, 0.1) is 17.0 Å². The van der Waals surface area contributed by atoms with E-state index in [0.717, 1.165) is 12.8 Å². The van der Waals surface area contributed by atoms with E-state index in [9.17, 15) is 10.1 Å². The second kappa shape index (κ2) is 5.84. The lowest BCUT2D eigenvalue weighted by Gasteiger charge is -2.20. The molecule has 1 aliphatic carbocycles. The Balaban J connectivity index is 2.27. The van der Waals surface area contributed by atoms with Gasteiger partial charge >= 0.3 is 5.69 Å². The molecule has 0 atom stereocenters. The maximum absolute atomic E-state index is 11.1. The van der Waals surface area contributed by atoms with Crippen molar-refractivity contribution in [3.63, 3.8) is 0 Å². The summed E-state index contributed by atoms with van der Waals surface area (Å²) in [5.41, 5.74) is 0.327. The van der Waals surface area contributed by atoms with Crippen LogP contribution in [0.1, 0.15) is 37.8 Å². The summed E-state index contributed by atoms with van der Waals surface area (Å²) < 4.78 is 0. The molecule has 5 nitrogen and oxygen atoms in total. The minimum atomic E-state index is -0.420. The number of halogens is 1. The molecule has 0 aliphatic heterocycles. The average Bonchev–Trinajstić information content (AvgIpc) is 2.28. The highest BCUT2D eigenvalue weighted by atomic mass is 35.5. The molecule has 0 saturated heterocycles. The number of hydrogen-bond donors (Lipinski definition) is 0. The van der Waals surface area contributed by atoms with Gasteiger partial charge in [-0.05, 0) is 31.4 Å². The van der Waals surface area contributed by atoms with Crippen LogP contribution < -0.4 is 0 Å². The summed E-state index contributed by atoms with van der Waals surface area (Å²) >= 11 is 7.26. The molecule has 1 aromatic heterocycles. The summed E-state index contributed by atoms with van der Waals surface area (Å²) in [5, 5.41) is 12.0. The lowest BCUT2D eigenvalue weighted by atomic mass is 10.0. The zero-order chi connectivity index (χ0) is 13.1. The predicted octanol–water partition coefficient (Wildman–Crippen LogP) is 3.77. The molecule has 1 aliphatic rings. The van der Waals surface area contributed by atoms with Gasteiger partial charge in [-0.25, -0.2) is 9.97 Å². The van der Waals surface area contributed by atoms with Gasteiger partial charge in [0.1, 0.15) is 5.69 Å². The maximum Gasteiger partial charge on any atom is 0.322 e. The maximum atomic E-state index is 11.1. The van der Waals surface area contributed by atoms with Crippen LogP contribution in [0.5, 0.6) is 0 Å². The van der Waals surface area contributed by atoms with E-state index in [0.29, 0.717) is 16.0 Å². The molecule has 0 unspecified atom stereocenters. The molecule has 1 aromatic rings. The minimum absolute atomic E-state index is 0.00465. The largest absolute Gasteiger partial charge is 0.322 e. The van der Waals surface area contributed by atoms with Gasteiger partial charge in [-0.2, -0.15) is 0 Å². The SMILES string of the molecule is Cc1nc(Cl)nc(SC2CCCCC2)c1[N+](=O)[O-]. The van der Waals surface area contributed by atoms with Gasteiger partial charge in [-0.3, -0.25) is 10.1 Å². The molecule has 0 N–H and O–H groups in total. The molecule has 0 spiro atoms. The van der Waals surface area contributed by atoms with Crippen molar-refractivity contribution in [3.05, 3.63) is 21.1 Å². The van der Waals surface area contributed by atoms with Gasteiger partial charge in [0.2, 0.25) is 5.28 Å². The first-order valence-electron chi connectivity index (χ1n) is 5.93. The van der Waals surface area contributed by atoms with E-state index in [1.54, 1.807) is 6.92 Å². The fourth-order valence-corrected chi connectivity index (χ4v) is 3.76. The fourth-order valence-electron chi connectivity index (χ4n) is 2.14. The summed E-state index contributed by atoms with van der Waals surface area (Å²) in [6.07, 6.45) is 5.79. The van der Waals surface area contributed by atoms with Gasteiger partial charge in [0.15, 0.2) is 5.03 Å². The summed E-state index contributed by atoms with van der Waals surface area (Å²) in [6, 6.07) is 0. The van der Waals surface area contributed by atoms with Crippen LogP contribution in [0.25, 0.3) is 0 Å². The summed E-state index contributed by atoms with van der Waals surface area (Å²) in [5.74, 6) is 0. The van der Waals surface area contributed by atoms with Gasteiger partial charge < -0.3 is 0 Å². The smallest absolute Gasteiger partial charge is 0.258 e. The van der Waals surface area contributed by atoms with Crippen LogP contribution in [0.3, 0.4) is 0 Å². The Morgan fingerprint density at radius 2 is 2.00 bits per heavy atom. The van der Waals surface area contributed by atoms with Crippen LogP contribution in [0.4, 0.5) is 5.69 Å².